The molecule has 1 aliphatic heterocycles. The Kier molecular flexibility index (Phi) is 6.73. The normalized spacial score (nSPS) is 15.3. The van der Waals surface area contributed by atoms with Gasteiger partial charge in [-0.15, -0.1) is 0 Å². The standard InChI is InChI=1S/C29H24ClNO7/c1-4-37-20-9-7-19(8-10-20)31-26(16-5-11-22(35-2)23(14-16)36-3)25(28(33)29(31)34)27(32)24-15-17-13-18(30)6-12-21(17)38-24/h5-15,26,33H,4H2,1-3H3. The minimum atomic E-state index is -0.982. The van der Waals surface area contributed by atoms with Crippen molar-refractivity contribution in [2.75, 3.05) is 25.7 Å². The van der Waals surface area contributed by atoms with Crippen LogP contribution in [0.3, 0.4) is 0 Å². The van der Waals surface area contributed by atoms with Gasteiger partial charge in [0.15, 0.2) is 23.0 Å². The SMILES string of the molecule is CCOc1ccc(N2C(=O)C(O)=C(C(=O)c3cc4cc(Cl)ccc4o3)C2c2ccc(OC)c(OC)c2)cc1. The van der Waals surface area contributed by atoms with Gasteiger partial charge in [-0.3, -0.25) is 14.5 Å². The molecule has 0 saturated carbocycles. The number of methoxy groups -OCH3 is 2. The van der Waals surface area contributed by atoms with Gasteiger partial charge in [-0.05, 0) is 73.2 Å². The van der Waals surface area contributed by atoms with Crippen LogP contribution in [0.1, 0.15) is 29.1 Å². The van der Waals surface area contributed by atoms with Crippen LogP contribution in [-0.4, -0.2) is 37.6 Å². The number of amides is 1. The Labute approximate surface area is 223 Å². The maximum atomic E-state index is 13.8. The summed E-state index contributed by atoms with van der Waals surface area (Å²) >= 11 is 6.09. The third-order valence-corrected chi connectivity index (χ3v) is 6.54. The third kappa shape index (κ3) is 4.33. The molecule has 1 N–H and O–H groups in total. The van der Waals surface area contributed by atoms with Crippen molar-refractivity contribution < 1.29 is 33.3 Å². The number of halogens is 1. The van der Waals surface area contributed by atoms with Crippen LogP contribution < -0.4 is 19.1 Å². The summed E-state index contributed by atoms with van der Waals surface area (Å²) in [5, 5.41) is 12.2. The first-order valence-corrected chi connectivity index (χ1v) is 12.2. The third-order valence-electron chi connectivity index (χ3n) is 6.30. The molecule has 9 heteroatoms. The van der Waals surface area contributed by atoms with E-state index in [2.05, 4.69) is 0 Å². The van der Waals surface area contributed by atoms with Crippen molar-refractivity contribution in [3.8, 4) is 17.2 Å². The molecular formula is C29H24ClNO7. The molecule has 0 spiro atoms. The fourth-order valence-electron chi connectivity index (χ4n) is 4.57. The molecule has 4 aromatic rings. The number of carbonyl (C=O) groups excluding carboxylic acids is 2. The van der Waals surface area contributed by atoms with Gasteiger partial charge in [-0.2, -0.15) is 0 Å². The average Bonchev–Trinajstić information content (AvgIpc) is 3.46. The van der Waals surface area contributed by atoms with Crippen LogP contribution in [0.4, 0.5) is 5.69 Å². The molecule has 1 aromatic heterocycles. The molecule has 1 amide bonds. The quantitative estimate of drug-likeness (QED) is 0.266. The predicted molar refractivity (Wildman–Crippen MR) is 143 cm³/mol. The Morgan fingerprint density at radius 1 is 1.00 bits per heavy atom. The highest BCUT2D eigenvalue weighted by molar-refractivity contribution is 6.31. The van der Waals surface area contributed by atoms with Gasteiger partial charge in [0.1, 0.15) is 11.3 Å². The zero-order valence-corrected chi connectivity index (χ0v) is 21.6. The number of fused-ring (bicyclic) bond motifs is 1. The highest BCUT2D eigenvalue weighted by atomic mass is 35.5. The highest BCUT2D eigenvalue weighted by Crippen LogP contribution is 2.44. The molecule has 1 atom stereocenters. The van der Waals surface area contributed by atoms with Crippen molar-refractivity contribution in [1.29, 1.82) is 0 Å². The number of aliphatic hydroxyl groups is 1. The Balaban J connectivity index is 1.65. The number of nitrogens with zero attached hydrogens (tertiary/aromatic N) is 1. The summed E-state index contributed by atoms with van der Waals surface area (Å²) in [6.45, 7) is 2.36. The lowest BCUT2D eigenvalue weighted by Crippen LogP contribution is -2.31. The van der Waals surface area contributed by atoms with Gasteiger partial charge in [-0.1, -0.05) is 17.7 Å². The first kappa shape index (κ1) is 25.2. The van der Waals surface area contributed by atoms with E-state index in [9.17, 15) is 14.7 Å². The molecule has 194 valence electrons. The van der Waals surface area contributed by atoms with E-state index in [1.165, 1.54) is 19.1 Å². The van der Waals surface area contributed by atoms with Crippen molar-refractivity contribution in [3.63, 3.8) is 0 Å². The van der Waals surface area contributed by atoms with E-state index < -0.39 is 23.5 Å². The molecule has 0 radical (unpaired) electrons. The fourth-order valence-corrected chi connectivity index (χ4v) is 4.75. The summed E-state index contributed by atoms with van der Waals surface area (Å²) in [5.74, 6) is -0.547. The Hall–Kier alpha value is -4.43. The van der Waals surface area contributed by atoms with Crippen LogP contribution in [0, 0.1) is 0 Å². The van der Waals surface area contributed by atoms with E-state index in [1.54, 1.807) is 66.7 Å². The van der Waals surface area contributed by atoms with Gasteiger partial charge in [0.25, 0.3) is 5.91 Å². The minimum Gasteiger partial charge on any atom is -0.503 e. The summed E-state index contributed by atoms with van der Waals surface area (Å²) in [6, 6.07) is 17.4. The summed E-state index contributed by atoms with van der Waals surface area (Å²) in [6.07, 6.45) is 0. The predicted octanol–water partition coefficient (Wildman–Crippen LogP) is 6.29. The number of ether oxygens (including phenoxy) is 3. The van der Waals surface area contributed by atoms with Crippen LogP contribution >= 0.6 is 11.6 Å². The number of anilines is 1. The maximum absolute atomic E-state index is 13.8. The van der Waals surface area contributed by atoms with E-state index in [0.717, 1.165) is 0 Å². The van der Waals surface area contributed by atoms with Crippen LogP contribution in [0.25, 0.3) is 11.0 Å². The van der Waals surface area contributed by atoms with Crippen LogP contribution in [0.5, 0.6) is 17.2 Å². The second-order valence-corrected chi connectivity index (χ2v) is 8.94. The molecule has 8 nitrogen and oxygen atoms in total. The van der Waals surface area contributed by atoms with Gasteiger partial charge < -0.3 is 23.7 Å². The van der Waals surface area contributed by atoms with Gasteiger partial charge in [0.2, 0.25) is 5.78 Å². The molecule has 0 bridgehead atoms. The average molecular weight is 534 g/mol. The van der Waals surface area contributed by atoms with Gasteiger partial charge in [0.05, 0.1) is 32.4 Å². The van der Waals surface area contributed by atoms with Crippen molar-refractivity contribution >= 4 is 39.9 Å². The second kappa shape index (κ2) is 10.1. The first-order valence-electron chi connectivity index (χ1n) is 11.8. The number of aliphatic hydroxyl groups excluding tert-OH is 1. The van der Waals surface area contributed by atoms with Crippen molar-refractivity contribution in [2.24, 2.45) is 0 Å². The molecule has 1 aliphatic rings. The summed E-state index contributed by atoms with van der Waals surface area (Å²) in [4.78, 5) is 28.7. The number of hydrogen-bond acceptors (Lipinski definition) is 7. The number of ketones is 1. The second-order valence-electron chi connectivity index (χ2n) is 8.50. The topological polar surface area (TPSA) is 98.4 Å². The first-order chi connectivity index (χ1) is 18.4. The minimum absolute atomic E-state index is 0.0318. The summed E-state index contributed by atoms with van der Waals surface area (Å²) < 4.78 is 22.1. The Morgan fingerprint density at radius 2 is 1.74 bits per heavy atom. The molecule has 1 unspecified atom stereocenters. The number of rotatable bonds is 8. The maximum Gasteiger partial charge on any atom is 0.294 e. The summed E-state index contributed by atoms with van der Waals surface area (Å²) in [5.41, 5.74) is 1.31. The van der Waals surface area contributed by atoms with Crippen LogP contribution in [0.2, 0.25) is 5.02 Å². The van der Waals surface area contributed by atoms with Gasteiger partial charge in [-0.25, -0.2) is 0 Å². The fraction of sp³-hybridized carbons (Fsp3) is 0.172. The van der Waals surface area contributed by atoms with E-state index in [4.69, 9.17) is 30.2 Å². The Morgan fingerprint density at radius 3 is 2.42 bits per heavy atom. The zero-order chi connectivity index (χ0) is 27.0. The van der Waals surface area contributed by atoms with Gasteiger partial charge >= 0.3 is 0 Å². The molecule has 3 aromatic carbocycles. The number of carbonyl (C=O) groups is 2. The Bertz CT molecular complexity index is 1570. The molecule has 5 rings (SSSR count). The lowest BCUT2D eigenvalue weighted by molar-refractivity contribution is -0.117. The van der Waals surface area contributed by atoms with E-state index in [0.29, 0.717) is 51.1 Å². The van der Waals surface area contributed by atoms with Crippen LogP contribution in [0.15, 0.2) is 82.5 Å². The van der Waals surface area contributed by atoms with Crippen LogP contribution in [-0.2, 0) is 4.79 Å². The van der Waals surface area contributed by atoms with Crippen molar-refractivity contribution in [3.05, 3.63) is 94.4 Å². The smallest absolute Gasteiger partial charge is 0.294 e. The van der Waals surface area contributed by atoms with E-state index in [1.807, 2.05) is 6.92 Å². The van der Waals surface area contributed by atoms with E-state index >= 15 is 0 Å². The van der Waals surface area contributed by atoms with Crippen molar-refractivity contribution in [1.82, 2.24) is 0 Å². The molecular weight excluding hydrogens is 510 g/mol. The van der Waals surface area contributed by atoms with Crippen molar-refractivity contribution in [2.45, 2.75) is 13.0 Å². The van der Waals surface area contributed by atoms with Gasteiger partial charge in [0, 0.05) is 16.1 Å². The molecule has 38 heavy (non-hydrogen) atoms. The largest absolute Gasteiger partial charge is 0.503 e. The molecule has 0 saturated heterocycles. The number of hydrogen-bond donors (Lipinski definition) is 1. The van der Waals surface area contributed by atoms with E-state index in [-0.39, 0.29) is 11.3 Å². The number of benzene rings is 3. The highest BCUT2D eigenvalue weighted by Gasteiger charge is 2.45. The molecule has 0 fully saturated rings. The lowest BCUT2D eigenvalue weighted by atomic mass is 9.94. The lowest BCUT2D eigenvalue weighted by Gasteiger charge is -2.27. The zero-order valence-electron chi connectivity index (χ0n) is 20.9. The summed E-state index contributed by atoms with van der Waals surface area (Å²) in [7, 11) is 3.00. The molecule has 2 heterocycles. The molecule has 0 aliphatic carbocycles. The number of Topliss-reactive ketones (excluding diaryl/α,β-unsaturated/α-hetero) is 1. The monoisotopic (exact) mass is 533 g/mol. The number of furan rings is 1.